The van der Waals surface area contributed by atoms with Crippen LogP contribution in [0.3, 0.4) is 0 Å². The number of rotatable bonds is 8. The highest BCUT2D eigenvalue weighted by Gasteiger charge is 2.05. The summed E-state index contributed by atoms with van der Waals surface area (Å²) in [4.78, 5) is 4.66. The van der Waals surface area contributed by atoms with E-state index in [0.29, 0.717) is 37.6 Å². The van der Waals surface area contributed by atoms with Gasteiger partial charge in [-0.1, -0.05) is 24.3 Å². The van der Waals surface area contributed by atoms with Crippen LogP contribution in [0.4, 0.5) is 8.78 Å². The average molecular weight is 525 g/mol. The Hall–Kier alpha value is -2.49. The molecule has 0 aliphatic heterocycles. The second kappa shape index (κ2) is 12.3. The molecule has 1 aromatic heterocycles. The molecule has 0 amide bonds. The lowest BCUT2D eigenvalue weighted by atomic mass is 10.1. The summed E-state index contributed by atoms with van der Waals surface area (Å²) >= 11 is 0. The third-order valence-electron chi connectivity index (χ3n) is 4.39. The maximum Gasteiger partial charge on any atom is 0.191 e. The highest BCUT2D eigenvalue weighted by Crippen LogP contribution is 2.12. The third-order valence-corrected chi connectivity index (χ3v) is 4.39. The van der Waals surface area contributed by atoms with Crippen LogP contribution >= 0.6 is 24.0 Å². The van der Waals surface area contributed by atoms with Gasteiger partial charge in [0, 0.05) is 31.5 Å². The van der Waals surface area contributed by atoms with Crippen LogP contribution in [0.15, 0.2) is 65.9 Å². The molecular weight excluding hydrogens is 499 g/mol. The molecule has 0 aliphatic carbocycles. The fraction of sp³-hybridized carbons (Fsp3) is 0.273. The van der Waals surface area contributed by atoms with Crippen LogP contribution in [0.5, 0.6) is 0 Å². The Morgan fingerprint density at radius 2 is 1.77 bits per heavy atom. The van der Waals surface area contributed by atoms with Gasteiger partial charge in [-0.05, 0) is 48.2 Å². The lowest BCUT2D eigenvalue weighted by Crippen LogP contribution is -2.38. The summed E-state index contributed by atoms with van der Waals surface area (Å²) in [5, 5.41) is 10.7. The number of nitrogens with one attached hydrogen (secondary N) is 2. The number of halogens is 3. The molecule has 3 aromatic rings. The Labute approximate surface area is 192 Å². The Morgan fingerprint density at radius 1 is 1.03 bits per heavy atom. The van der Waals surface area contributed by atoms with Gasteiger partial charge in [-0.2, -0.15) is 5.10 Å². The van der Waals surface area contributed by atoms with E-state index >= 15 is 0 Å². The number of aliphatic imine (C=N–C) groups is 1. The monoisotopic (exact) mass is 525 g/mol. The van der Waals surface area contributed by atoms with Gasteiger partial charge in [0.05, 0.1) is 13.1 Å². The van der Waals surface area contributed by atoms with Crippen molar-refractivity contribution in [3.8, 4) is 0 Å². The maximum atomic E-state index is 13.3. The summed E-state index contributed by atoms with van der Waals surface area (Å²) in [6, 6.07) is 13.6. The van der Waals surface area contributed by atoms with E-state index in [1.54, 1.807) is 6.20 Å². The molecule has 2 N–H and O–H groups in total. The second-order valence-corrected chi connectivity index (χ2v) is 6.62. The summed E-state index contributed by atoms with van der Waals surface area (Å²) in [6.45, 7) is 4.43. The number of nitrogens with zero attached hydrogens (tertiary/aromatic N) is 3. The quantitative estimate of drug-likeness (QED) is 0.264. The van der Waals surface area contributed by atoms with Gasteiger partial charge >= 0.3 is 0 Å². The molecule has 5 nitrogen and oxygen atoms in total. The molecule has 0 aliphatic rings. The molecule has 0 saturated heterocycles. The van der Waals surface area contributed by atoms with Crippen molar-refractivity contribution in [2.45, 2.75) is 26.4 Å². The van der Waals surface area contributed by atoms with E-state index in [0.717, 1.165) is 23.7 Å². The predicted molar refractivity (Wildman–Crippen MR) is 126 cm³/mol. The molecule has 0 saturated carbocycles. The average Bonchev–Trinajstić information content (AvgIpc) is 3.19. The number of benzene rings is 2. The smallest absolute Gasteiger partial charge is 0.191 e. The molecule has 0 fully saturated rings. The lowest BCUT2D eigenvalue weighted by Gasteiger charge is -2.13. The molecule has 3 rings (SSSR count). The zero-order valence-corrected chi connectivity index (χ0v) is 19.1. The first-order valence-corrected chi connectivity index (χ1v) is 9.65. The van der Waals surface area contributed by atoms with Crippen molar-refractivity contribution in [1.82, 2.24) is 20.4 Å². The standard InChI is InChI=1S/C22H25F2N5.HI/c1-2-25-22(26-10-8-17-12-20(23)14-21(24)13-17)27-15-18-6-3-4-7-19(18)16-29-11-5-9-28-29;/h3-7,9,11-14H,2,8,10,15-16H2,1H3,(H2,25,26,27);1H. The molecule has 0 unspecified atom stereocenters. The molecule has 160 valence electrons. The highest BCUT2D eigenvalue weighted by molar-refractivity contribution is 14.0. The molecular formula is C22H26F2IN5. The van der Waals surface area contributed by atoms with Gasteiger partial charge < -0.3 is 10.6 Å². The normalized spacial score (nSPS) is 11.1. The van der Waals surface area contributed by atoms with Crippen molar-refractivity contribution in [3.63, 3.8) is 0 Å². The predicted octanol–water partition coefficient (Wildman–Crippen LogP) is 4.13. The SMILES string of the molecule is CCNC(=NCc1ccccc1Cn1cccn1)NCCc1cc(F)cc(F)c1.I. The molecule has 0 radical (unpaired) electrons. The van der Waals surface area contributed by atoms with E-state index in [9.17, 15) is 8.78 Å². The van der Waals surface area contributed by atoms with Gasteiger partial charge in [0.1, 0.15) is 11.6 Å². The third kappa shape index (κ3) is 7.40. The van der Waals surface area contributed by atoms with E-state index in [-0.39, 0.29) is 24.0 Å². The fourth-order valence-electron chi connectivity index (χ4n) is 3.02. The summed E-state index contributed by atoms with van der Waals surface area (Å²) < 4.78 is 28.5. The van der Waals surface area contributed by atoms with Crippen LogP contribution in [0, 0.1) is 11.6 Å². The van der Waals surface area contributed by atoms with Gasteiger partial charge in [-0.25, -0.2) is 13.8 Å². The van der Waals surface area contributed by atoms with E-state index in [1.165, 1.54) is 12.1 Å². The summed E-state index contributed by atoms with van der Waals surface area (Å²) in [5.41, 5.74) is 2.88. The highest BCUT2D eigenvalue weighted by atomic mass is 127. The van der Waals surface area contributed by atoms with Crippen LogP contribution in [0.2, 0.25) is 0 Å². The Balaban J connectivity index is 0.00000320. The van der Waals surface area contributed by atoms with Gasteiger partial charge in [0.25, 0.3) is 0 Å². The lowest BCUT2D eigenvalue weighted by molar-refractivity contribution is 0.579. The van der Waals surface area contributed by atoms with Crippen LogP contribution in [0.25, 0.3) is 0 Å². The molecule has 2 aromatic carbocycles. The van der Waals surface area contributed by atoms with Gasteiger partial charge in [0.15, 0.2) is 5.96 Å². The zero-order chi connectivity index (χ0) is 20.5. The Morgan fingerprint density at radius 3 is 2.43 bits per heavy atom. The van der Waals surface area contributed by atoms with Gasteiger partial charge in [0.2, 0.25) is 0 Å². The number of aromatic nitrogens is 2. The first-order chi connectivity index (χ1) is 14.1. The largest absolute Gasteiger partial charge is 0.357 e. The number of hydrogen-bond acceptors (Lipinski definition) is 2. The van der Waals surface area contributed by atoms with Crippen molar-refractivity contribution in [2.75, 3.05) is 13.1 Å². The maximum absolute atomic E-state index is 13.3. The first kappa shape index (κ1) is 23.8. The fourth-order valence-corrected chi connectivity index (χ4v) is 3.02. The van der Waals surface area contributed by atoms with Crippen LogP contribution in [-0.4, -0.2) is 28.8 Å². The minimum absolute atomic E-state index is 0. The minimum Gasteiger partial charge on any atom is -0.357 e. The van der Waals surface area contributed by atoms with Crippen molar-refractivity contribution in [1.29, 1.82) is 0 Å². The second-order valence-electron chi connectivity index (χ2n) is 6.62. The van der Waals surface area contributed by atoms with Crippen LogP contribution in [0.1, 0.15) is 23.6 Å². The Kier molecular flexibility index (Phi) is 9.72. The Bertz CT molecular complexity index is 924. The molecule has 8 heteroatoms. The van der Waals surface area contributed by atoms with Gasteiger partial charge in [-0.3, -0.25) is 4.68 Å². The van der Waals surface area contributed by atoms with E-state index in [1.807, 2.05) is 36.0 Å². The molecule has 0 spiro atoms. The zero-order valence-electron chi connectivity index (χ0n) is 16.8. The van der Waals surface area contributed by atoms with Crippen LogP contribution in [-0.2, 0) is 19.5 Å². The summed E-state index contributed by atoms with van der Waals surface area (Å²) in [7, 11) is 0. The molecule has 1 heterocycles. The van der Waals surface area contributed by atoms with E-state index < -0.39 is 11.6 Å². The molecule has 0 atom stereocenters. The summed E-state index contributed by atoms with van der Waals surface area (Å²) in [5.74, 6) is -0.456. The topological polar surface area (TPSA) is 54.2 Å². The molecule has 30 heavy (non-hydrogen) atoms. The van der Waals surface area contributed by atoms with Crippen molar-refractivity contribution >= 4 is 29.9 Å². The van der Waals surface area contributed by atoms with Crippen LogP contribution < -0.4 is 10.6 Å². The molecule has 0 bridgehead atoms. The van der Waals surface area contributed by atoms with E-state index in [4.69, 9.17) is 0 Å². The first-order valence-electron chi connectivity index (χ1n) is 9.65. The van der Waals surface area contributed by atoms with Gasteiger partial charge in [-0.15, -0.1) is 24.0 Å². The number of guanidine groups is 1. The van der Waals surface area contributed by atoms with Crippen molar-refractivity contribution in [3.05, 3.63) is 89.2 Å². The minimum atomic E-state index is -0.561. The van der Waals surface area contributed by atoms with Crippen molar-refractivity contribution in [2.24, 2.45) is 4.99 Å². The number of hydrogen-bond donors (Lipinski definition) is 2. The van der Waals surface area contributed by atoms with Crippen molar-refractivity contribution < 1.29 is 8.78 Å². The van der Waals surface area contributed by atoms with E-state index in [2.05, 4.69) is 32.9 Å². The summed E-state index contributed by atoms with van der Waals surface area (Å²) in [6.07, 6.45) is 4.19.